The smallest absolute Gasteiger partial charge is 0.255 e. The molecule has 0 unspecified atom stereocenters. The monoisotopic (exact) mass is 333 g/mol. The van der Waals surface area contributed by atoms with Gasteiger partial charge in [0.25, 0.3) is 5.91 Å². The van der Waals surface area contributed by atoms with Crippen LogP contribution in [0.15, 0.2) is 47.2 Å². The summed E-state index contributed by atoms with van der Waals surface area (Å²) < 4.78 is 0.697. The first-order valence-corrected chi connectivity index (χ1v) is 6.64. The maximum atomic E-state index is 12.1. The van der Waals surface area contributed by atoms with E-state index in [1.807, 2.05) is 0 Å². The lowest BCUT2D eigenvalue weighted by Gasteiger charge is -2.07. The van der Waals surface area contributed by atoms with Gasteiger partial charge in [0.2, 0.25) is 5.91 Å². The van der Waals surface area contributed by atoms with E-state index in [4.69, 9.17) is 0 Å². The Bertz CT molecular complexity index is 641. The molecule has 1 aromatic heterocycles. The fourth-order valence-corrected chi connectivity index (χ4v) is 1.83. The highest BCUT2D eigenvalue weighted by molar-refractivity contribution is 9.10. The molecule has 0 fully saturated rings. The van der Waals surface area contributed by atoms with Crippen LogP contribution in [0, 0.1) is 0 Å². The van der Waals surface area contributed by atoms with Crippen LogP contribution in [0.1, 0.15) is 17.3 Å². The number of nitrogens with one attached hydrogen (secondary N) is 2. The maximum absolute atomic E-state index is 12.1. The Labute approximate surface area is 124 Å². The summed E-state index contributed by atoms with van der Waals surface area (Å²) in [7, 11) is 0. The minimum Gasteiger partial charge on any atom is -0.326 e. The van der Waals surface area contributed by atoms with Gasteiger partial charge in [-0.2, -0.15) is 0 Å². The third kappa shape index (κ3) is 3.89. The van der Waals surface area contributed by atoms with Crippen LogP contribution in [-0.4, -0.2) is 16.8 Å². The van der Waals surface area contributed by atoms with E-state index in [2.05, 4.69) is 31.5 Å². The van der Waals surface area contributed by atoms with E-state index >= 15 is 0 Å². The van der Waals surface area contributed by atoms with Crippen molar-refractivity contribution in [2.24, 2.45) is 0 Å². The van der Waals surface area contributed by atoms with E-state index in [0.717, 1.165) is 0 Å². The van der Waals surface area contributed by atoms with Gasteiger partial charge >= 0.3 is 0 Å². The number of benzene rings is 1. The minimum absolute atomic E-state index is 0.181. The molecule has 0 aliphatic rings. The van der Waals surface area contributed by atoms with Crippen LogP contribution in [0.2, 0.25) is 0 Å². The number of amides is 2. The second kappa shape index (κ2) is 6.29. The van der Waals surface area contributed by atoms with Gasteiger partial charge in [0.1, 0.15) is 4.60 Å². The van der Waals surface area contributed by atoms with E-state index in [9.17, 15) is 9.59 Å². The van der Waals surface area contributed by atoms with Gasteiger partial charge in [0, 0.05) is 18.2 Å². The van der Waals surface area contributed by atoms with E-state index in [1.54, 1.807) is 42.6 Å². The number of hydrogen-bond acceptors (Lipinski definition) is 3. The van der Waals surface area contributed by atoms with Gasteiger partial charge < -0.3 is 10.6 Å². The first kappa shape index (κ1) is 14.2. The summed E-state index contributed by atoms with van der Waals surface area (Å²) in [5.74, 6) is -0.444. The summed E-state index contributed by atoms with van der Waals surface area (Å²) in [6.07, 6.45) is 1.56. The number of rotatable bonds is 3. The lowest BCUT2D eigenvalue weighted by molar-refractivity contribution is -0.114. The normalized spacial score (nSPS) is 9.90. The summed E-state index contributed by atoms with van der Waals surface area (Å²) >= 11 is 3.22. The molecule has 0 radical (unpaired) electrons. The zero-order valence-corrected chi connectivity index (χ0v) is 12.3. The van der Waals surface area contributed by atoms with Gasteiger partial charge in [-0.1, -0.05) is 6.07 Å². The topological polar surface area (TPSA) is 71.1 Å². The molecule has 1 heterocycles. The third-order valence-corrected chi connectivity index (χ3v) is 2.90. The number of anilines is 2. The number of hydrogen-bond donors (Lipinski definition) is 2. The van der Waals surface area contributed by atoms with Crippen LogP contribution in [0.3, 0.4) is 0 Å². The van der Waals surface area contributed by atoms with Crippen LogP contribution in [0.4, 0.5) is 11.4 Å². The fourth-order valence-electron chi connectivity index (χ4n) is 1.59. The van der Waals surface area contributed by atoms with Crippen molar-refractivity contribution >= 4 is 39.1 Å². The van der Waals surface area contributed by atoms with E-state index < -0.39 is 0 Å². The SMILES string of the molecule is CC(=O)Nc1cccc(C(=O)Nc2ccc(Br)nc2)c1. The Balaban J connectivity index is 2.12. The highest BCUT2D eigenvalue weighted by atomic mass is 79.9. The van der Waals surface area contributed by atoms with Crippen molar-refractivity contribution in [3.8, 4) is 0 Å². The Hall–Kier alpha value is -2.21. The van der Waals surface area contributed by atoms with Gasteiger partial charge in [-0.15, -0.1) is 0 Å². The van der Waals surface area contributed by atoms with Gasteiger partial charge in [0.15, 0.2) is 0 Å². The van der Waals surface area contributed by atoms with Gasteiger partial charge in [-0.3, -0.25) is 9.59 Å². The number of pyridine rings is 1. The number of nitrogens with zero attached hydrogens (tertiary/aromatic N) is 1. The van der Waals surface area contributed by atoms with Crippen molar-refractivity contribution < 1.29 is 9.59 Å². The van der Waals surface area contributed by atoms with Crippen molar-refractivity contribution in [2.75, 3.05) is 10.6 Å². The molecular weight excluding hydrogens is 322 g/mol. The molecule has 2 amide bonds. The van der Waals surface area contributed by atoms with Gasteiger partial charge in [-0.25, -0.2) is 4.98 Å². The average molecular weight is 334 g/mol. The first-order valence-electron chi connectivity index (χ1n) is 5.85. The Kier molecular flexibility index (Phi) is 4.47. The van der Waals surface area contributed by atoms with Gasteiger partial charge in [0.05, 0.1) is 11.9 Å². The number of aromatic nitrogens is 1. The molecule has 5 nitrogen and oxygen atoms in total. The van der Waals surface area contributed by atoms with Crippen LogP contribution in [0.5, 0.6) is 0 Å². The first-order chi connectivity index (χ1) is 9.54. The average Bonchev–Trinajstić information content (AvgIpc) is 2.41. The van der Waals surface area contributed by atoms with E-state index in [1.165, 1.54) is 6.92 Å². The van der Waals surface area contributed by atoms with Crippen LogP contribution >= 0.6 is 15.9 Å². The van der Waals surface area contributed by atoms with Crippen molar-refractivity contribution in [3.05, 3.63) is 52.8 Å². The van der Waals surface area contributed by atoms with Crippen LogP contribution in [-0.2, 0) is 4.79 Å². The molecule has 2 rings (SSSR count). The number of halogens is 1. The second-order valence-electron chi connectivity index (χ2n) is 4.09. The summed E-state index contributed by atoms with van der Waals surface area (Å²) in [6, 6.07) is 10.2. The lowest BCUT2D eigenvalue weighted by atomic mass is 10.2. The molecule has 0 saturated heterocycles. The quantitative estimate of drug-likeness (QED) is 0.848. The molecule has 102 valence electrons. The zero-order valence-electron chi connectivity index (χ0n) is 10.7. The summed E-state index contributed by atoms with van der Waals surface area (Å²) in [4.78, 5) is 27.1. The van der Waals surface area contributed by atoms with E-state index in [-0.39, 0.29) is 11.8 Å². The zero-order chi connectivity index (χ0) is 14.5. The molecule has 0 atom stereocenters. The maximum Gasteiger partial charge on any atom is 0.255 e. The van der Waals surface area contributed by atoms with Crippen LogP contribution in [0.25, 0.3) is 0 Å². The predicted molar refractivity (Wildman–Crippen MR) is 80.6 cm³/mol. The molecule has 0 aliphatic heterocycles. The largest absolute Gasteiger partial charge is 0.326 e. The molecule has 6 heteroatoms. The standard InChI is InChI=1S/C14H12BrN3O2/c1-9(19)17-11-4-2-3-10(7-11)14(20)18-12-5-6-13(15)16-8-12/h2-8H,1H3,(H,17,19)(H,18,20). The van der Waals surface area contributed by atoms with E-state index in [0.29, 0.717) is 21.5 Å². The minimum atomic E-state index is -0.263. The van der Waals surface area contributed by atoms with Crippen molar-refractivity contribution in [3.63, 3.8) is 0 Å². The molecule has 2 aromatic rings. The van der Waals surface area contributed by atoms with Crippen molar-refractivity contribution in [1.82, 2.24) is 4.98 Å². The van der Waals surface area contributed by atoms with Gasteiger partial charge in [-0.05, 0) is 46.3 Å². The molecule has 0 spiro atoms. The van der Waals surface area contributed by atoms with Crippen molar-refractivity contribution in [1.29, 1.82) is 0 Å². The summed E-state index contributed by atoms with van der Waals surface area (Å²) in [6.45, 7) is 1.42. The highest BCUT2D eigenvalue weighted by Gasteiger charge is 2.07. The Morgan fingerprint density at radius 3 is 2.55 bits per heavy atom. The summed E-state index contributed by atoms with van der Waals surface area (Å²) in [5, 5.41) is 5.36. The Morgan fingerprint density at radius 2 is 1.90 bits per heavy atom. The predicted octanol–water partition coefficient (Wildman–Crippen LogP) is 3.05. The summed E-state index contributed by atoms with van der Waals surface area (Å²) in [5.41, 5.74) is 1.64. The molecule has 1 aromatic carbocycles. The molecule has 0 bridgehead atoms. The number of carbonyl (C=O) groups excluding carboxylic acids is 2. The molecule has 0 saturated carbocycles. The molecule has 0 aliphatic carbocycles. The van der Waals surface area contributed by atoms with Crippen LogP contribution < -0.4 is 10.6 Å². The Morgan fingerprint density at radius 1 is 1.10 bits per heavy atom. The molecular formula is C14H12BrN3O2. The highest BCUT2D eigenvalue weighted by Crippen LogP contribution is 2.14. The van der Waals surface area contributed by atoms with Crippen molar-refractivity contribution in [2.45, 2.75) is 6.92 Å². The lowest BCUT2D eigenvalue weighted by Crippen LogP contribution is -2.13. The number of carbonyl (C=O) groups is 2. The second-order valence-corrected chi connectivity index (χ2v) is 4.90. The molecule has 20 heavy (non-hydrogen) atoms. The third-order valence-electron chi connectivity index (χ3n) is 2.43. The molecule has 2 N–H and O–H groups in total. The fraction of sp³-hybridized carbons (Fsp3) is 0.0714.